The van der Waals surface area contributed by atoms with E-state index >= 15 is 0 Å². The van der Waals surface area contributed by atoms with Gasteiger partial charge < -0.3 is 10.6 Å². The summed E-state index contributed by atoms with van der Waals surface area (Å²) < 4.78 is 0. The van der Waals surface area contributed by atoms with Gasteiger partial charge in [0.05, 0.1) is 6.20 Å². The van der Waals surface area contributed by atoms with Crippen molar-refractivity contribution in [3.8, 4) is 0 Å². The molecule has 1 saturated heterocycles. The molecule has 2 heterocycles. The van der Waals surface area contributed by atoms with Gasteiger partial charge in [-0.2, -0.15) is 15.4 Å². The molecule has 1 unspecified atom stereocenters. The zero-order chi connectivity index (χ0) is 11.5. The van der Waals surface area contributed by atoms with Crippen molar-refractivity contribution < 1.29 is 9.59 Å². The van der Waals surface area contributed by atoms with E-state index in [-0.39, 0.29) is 11.6 Å². The Hall–Kier alpha value is -1.92. The Bertz CT molecular complexity index is 389. The second-order valence-corrected chi connectivity index (χ2v) is 3.77. The normalized spacial score (nSPS) is 20.8. The van der Waals surface area contributed by atoms with Crippen LogP contribution < -0.4 is 5.73 Å². The Kier molecular flexibility index (Phi) is 2.84. The number of nitrogens with two attached hydrogens (primary N) is 1. The molecule has 1 aliphatic heterocycles. The maximum absolute atomic E-state index is 12.0. The molecule has 7 heteroatoms. The van der Waals surface area contributed by atoms with E-state index in [0.29, 0.717) is 13.0 Å². The van der Waals surface area contributed by atoms with Crippen molar-refractivity contribution in [1.82, 2.24) is 20.3 Å². The molecule has 3 N–H and O–H groups in total. The molecule has 0 bridgehead atoms. The van der Waals surface area contributed by atoms with Crippen LogP contribution in [0, 0.1) is 0 Å². The van der Waals surface area contributed by atoms with Crippen molar-refractivity contribution in [2.24, 2.45) is 5.73 Å². The number of primary amides is 1. The second kappa shape index (κ2) is 4.30. The largest absolute Gasteiger partial charge is 0.368 e. The average molecular weight is 223 g/mol. The van der Waals surface area contributed by atoms with Crippen LogP contribution in [0.15, 0.2) is 6.20 Å². The van der Waals surface area contributed by atoms with Gasteiger partial charge >= 0.3 is 0 Å². The molecule has 0 aromatic carbocycles. The van der Waals surface area contributed by atoms with Gasteiger partial charge in [-0.15, -0.1) is 0 Å². The molecule has 2 amide bonds. The van der Waals surface area contributed by atoms with Gasteiger partial charge in [0.25, 0.3) is 5.91 Å². The van der Waals surface area contributed by atoms with E-state index in [9.17, 15) is 9.59 Å². The number of aromatic nitrogens is 3. The molecule has 16 heavy (non-hydrogen) atoms. The van der Waals surface area contributed by atoms with E-state index < -0.39 is 11.9 Å². The van der Waals surface area contributed by atoms with Gasteiger partial charge in [0.1, 0.15) is 6.04 Å². The quantitative estimate of drug-likeness (QED) is 0.690. The third-order valence-corrected chi connectivity index (χ3v) is 2.73. The zero-order valence-corrected chi connectivity index (χ0v) is 8.72. The highest BCUT2D eigenvalue weighted by Crippen LogP contribution is 2.18. The Morgan fingerprint density at radius 2 is 2.31 bits per heavy atom. The van der Waals surface area contributed by atoms with Crippen molar-refractivity contribution in [3.63, 3.8) is 0 Å². The third-order valence-electron chi connectivity index (χ3n) is 2.73. The molecule has 1 fully saturated rings. The first-order valence-corrected chi connectivity index (χ1v) is 5.16. The number of aromatic amines is 1. The van der Waals surface area contributed by atoms with Crippen LogP contribution in [-0.2, 0) is 4.79 Å². The molecule has 1 aromatic heterocycles. The van der Waals surface area contributed by atoms with Crippen molar-refractivity contribution in [2.45, 2.75) is 25.3 Å². The van der Waals surface area contributed by atoms with E-state index in [0.717, 1.165) is 12.8 Å². The van der Waals surface area contributed by atoms with Crippen LogP contribution in [0.5, 0.6) is 0 Å². The number of H-pyrrole nitrogens is 1. The van der Waals surface area contributed by atoms with Crippen LogP contribution in [0.3, 0.4) is 0 Å². The van der Waals surface area contributed by atoms with Gasteiger partial charge in [-0.25, -0.2) is 0 Å². The summed E-state index contributed by atoms with van der Waals surface area (Å²) in [4.78, 5) is 24.7. The summed E-state index contributed by atoms with van der Waals surface area (Å²) in [6, 6.07) is -0.516. The summed E-state index contributed by atoms with van der Waals surface area (Å²) in [5.41, 5.74) is 5.49. The molecule has 1 aromatic rings. The predicted molar refractivity (Wildman–Crippen MR) is 54.3 cm³/mol. The first-order valence-electron chi connectivity index (χ1n) is 5.16. The summed E-state index contributed by atoms with van der Waals surface area (Å²) in [5.74, 6) is -0.756. The summed E-state index contributed by atoms with van der Waals surface area (Å²) in [7, 11) is 0. The van der Waals surface area contributed by atoms with Gasteiger partial charge in [0.2, 0.25) is 5.91 Å². The molecule has 0 aliphatic carbocycles. The van der Waals surface area contributed by atoms with Crippen molar-refractivity contribution in [3.05, 3.63) is 11.9 Å². The first-order chi connectivity index (χ1) is 7.70. The van der Waals surface area contributed by atoms with Crippen molar-refractivity contribution in [2.75, 3.05) is 6.54 Å². The lowest BCUT2D eigenvalue weighted by atomic mass is 10.0. The number of rotatable bonds is 2. The molecular weight excluding hydrogens is 210 g/mol. The van der Waals surface area contributed by atoms with Crippen LogP contribution in [0.25, 0.3) is 0 Å². The summed E-state index contributed by atoms with van der Waals surface area (Å²) >= 11 is 0. The van der Waals surface area contributed by atoms with E-state index in [1.165, 1.54) is 11.1 Å². The number of carbonyl (C=O) groups excluding carboxylic acids is 2. The number of nitrogens with zero attached hydrogens (tertiary/aromatic N) is 3. The SMILES string of the molecule is NC(=O)C1CCCCN1C(=O)c1cn[nH]n1. The minimum absolute atomic E-state index is 0.216. The summed E-state index contributed by atoms with van der Waals surface area (Å²) in [5, 5.41) is 9.64. The fourth-order valence-corrected chi connectivity index (χ4v) is 1.92. The zero-order valence-electron chi connectivity index (χ0n) is 8.72. The van der Waals surface area contributed by atoms with Crippen molar-refractivity contribution in [1.29, 1.82) is 0 Å². The number of amides is 2. The molecule has 2 rings (SSSR count). The molecule has 1 aliphatic rings. The van der Waals surface area contributed by atoms with E-state index in [4.69, 9.17) is 5.73 Å². The van der Waals surface area contributed by atoms with Crippen LogP contribution >= 0.6 is 0 Å². The highest BCUT2D eigenvalue weighted by atomic mass is 16.2. The van der Waals surface area contributed by atoms with Gasteiger partial charge in [-0.1, -0.05) is 0 Å². The Morgan fingerprint density at radius 1 is 1.50 bits per heavy atom. The summed E-state index contributed by atoms with van der Waals surface area (Å²) in [6.45, 7) is 0.541. The summed E-state index contributed by atoms with van der Waals surface area (Å²) in [6.07, 6.45) is 3.76. The number of hydrogen-bond donors (Lipinski definition) is 2. The highest BCUT2D eigenvalue weighted by molar-refractivity contribution is 5.95. The van der Waals surface area contributed by atoms with E-state index in [1.54, 1.807) is 0 Å². The third kappa shape index (κ3) is 1.88. The molecule has 7 nitrogen and oxygen atoms in total. The van der Waals surface area contributed by atoms with Gasteiger partial charge in [-0.3, -0.25) is 9.59 Å². The van der Waals surface area contributed by atoms with Gasteiger partial charge in [-0.05, 0) is 19.3 Å². The van der Waals surface area contributed by atoms with E-state index in [2.05, 4.69) is 15.4 Å². The van der Waals surface area contributed by atoms with Crippen molar-refractivity contribution >= 4 is 11.8 Å². The first kappa shape index (κ1) is 10.6. The maximum Gasteiger partial charge on any atom is 0.276 e. The average Bonchev–Trinajstić information content (AvgIpc) is 2.81. The molecule has 0 spiro atoms. The lowest BCUT2D eigenvalue weighted by Crippen LogP contribution is -2.50. The highest BCUT2D eigenvalue weighted by Gasteiger charge is 2.32. The second-order valence-electron chi connectivity index (χ2n) is 3.77. The van der Waals surface area contributed by atoms with Crippen LogP contribution in [0.4, 0.5) is 0 Å². The molecule has 1 atom stereocenters. The Balaban J connectivity index is 2.17. The Labute approximate surface area is 92.0 Å². The van der Waals surface area contributed by atoms with Crippen LogP contribution in [-0.4, -0.2) is 44.7 Å². The lowest BCUT2D eigenvalue weighted by Gasteiger charge is -2.32. The number of hydrogen-bond acceptors (Lipinski definition) is 4. The fraction of sp³-hybridized carbons (Fsp3) is 0.556. The number of piperidine rings is 1. The fourth-order valence-electron chi connectivity index (χ4n) is 1.92. The molecule has 0 radical (unpaired) electrons. The van der Waals surface area contributed by atoms with Gasteiger partial charge in [0, 0.05) is 6.54 Å². The topological polar surface area (TPSA) is 105 Å². The molecule has 86 valence electrons. The number of nitrogens with one attached hydrogen (secondary N) is 1. The number of carbonyl (C=O) groups is 2. The smallest absolute Gasteiger partial charge is 0.276 e. The minimum atomic E-state index is -0.516. The monoisotopic (exact) mass is 223 g/mol. The molecular formula is C9H13N5O2. The van der Waals surface area contributed by atoms with E-state index in [1.807, 2.05) is 0 Å². The predicted octanol–water partition coefficient (Wildman–Crippen LogP) is -0.715. The Morgan fingerprint density at radius 3 is 2.94 bits per heavy atom. The number of likely N-dealkylation sites (tertiary alicyclic amines) is 1. The maximum atomic E-state index is 12.0. The van der Waals surface area contributed by atoms with Gasteiger partial charge in [0.15, 0.2) is 5.69 Å². The standard InChI is InChI=1S/C9H13N5O2/c10-8(15)7-3-1-2-4-14(7)9(16)6-5-11-13-12-6/h5,7H,1-4H2,(H2,10,15)(H,11,12,13). The van der Waals surface area contributed by atoms with Crippen LogP contribution in [0.1, 0.15) is 29.8 Å². The van der Waals surface area contributed by atoms with Crippen LogP contribution in [0.2, 0.25) is 0 Å². The molecule has 0 saturated carbocycles. The lowest BCUT2D eigenvalue weighted by molar-refractivity contribution is -0.123. The minimum Gasteiger partial charge on any atom is -0.368 e.